The molecule has 0 spiro atoms. The average Bonchev–Trinajstić information content (AvgIpc) is 2.48. The van der Waals surface area contributed by atoms with E-state index in [4.69, 9.17) is 5.84 Å². The van der Waals surface area contributed by atoms with E-state index < -0.39 is 0 Å². The molecule has 112 valence electrons. The van der Waals surface area contributed by atoms with Crippen LogP contribution in [-0.2, 0) is 6.42 Å². The Balaban J connectivity index is 1.96. The summed E-state index contributed by atoms with van der Waals surface area (Å²) >= 11 is 4.98. The van der Waals surface area contributed by atoms with Gasteiger partial charge in [0.15, 0.2) is 0 Å². The molecule has 0 heterocycles. The van der Waals surface area contributed by atoms with Gasteiger partial charge in [-0.2, -0.15) is 0 Å². The number of nitrogens with two attached hydrogens (primary N) is 1. The van der Waals surface area contributed by atoms with Gasteiger partial charge in [-0.15, -0.1) is 11.8 Å². The van der Waals surface area contributed by atoms with E-state index in [-0.39, 0.29) is 17.7 Å². The van der Waals surface area contributed by atoms with Gasteiger partial charge in [0, 0.05) is 21.2 Å². The number of thioether (sulfide) groups is 1. The van der Waals surface area contributed by atoms with Crippen LogP contribution in [0.1, 0.15) is 5.56 Å². The summed E-state index contributed by atoms with van der Waals surface area (Å²) in [6.07, 6.45) is 0.600. The van der Waals surface area contributed by atoms with E-state index in [2.05, 4.69) is 21.4 Å². The second-order valence-electron chi connectivity index (χ2n) is 4.57. The highest BCUT2D eigenvalue weighted by molar-refractivity contribution is 9.10. The Bertz CT molecular complexity index is 593. The molecule has 2 aromatic carbocycles. The fourth-order valence-corrected chi connectivity index (χ4v) is 3.20. The minimum Gasteiger partial charge on any atom is -0.271 e. The van der Waals surface area contributed by atoms with E-state index in [0.29, 0.717) is 12.2 Å². The van der Waals surface area contributed by atoms with E-state index in [1.807, 2.05) is 0 Å². The van der Waals surface area contributed by atoms with Crippen LogP contribution in [0.4, 0.5) is 8.78 Å². The molecular formula is C15H15BrF2N2S. The smallest absolute Gasteiger partial charge is 0.123 e. The molecule has 0 fully saturated rings. The van der Waals surface area contributed by atoms with Gasteiger partial charge in [0.2, 0.25) is 0 Å². The van der Waals surface area contributed by atoms with Gasteiger partial charge in [-0.25, -0.2) is 8.78 Å². The zero-order chi connectivity index (χ0) is 15.2. The Labute approximate surface area is 135 Å². The molecule has 0 saturated carbocycles. The van der Waals surface area contributed by atoms with Crippen molar-refractivity contribution in [3.05, 3.63) is 64.1 Å². The summed E-state index contributed by atoms with van der Waals surface area (Å²) in [6.45, 7) is 0. The zero-order valence-corrected chi connectivity index (χ0v) is 13.6. The Morgan fingerprint density at radius 2 is 1.76 bits per heavy atom. The Hall–Kier alpha value is -0.950. The minimum atomic E-state index is -0.268. The van der Waals surface area contributed by atoms with Crippen molar-refractivity contribution >= 4 is 27.7 Å². The van der Waals surface area contributed by atoms with E-state index in [0.717, 1.165) is 14.9 Å². The van der Waals surface area contributed by atoms with Crippen molar-refractivity contribution in [3.8, 4) is 0 Å². The lowest BCUT2D eigenvalue weighted by Crippen LogP contribution is -2.38. The summed E-state index contributed by atoms with van der Waals surface area (Å²) in [4.78, 5) is 0.968. The second-order valence-corrected chi connectivity index (χ2v) is 6.52. The normalized spacial score (nSPS) is 12.4. The molecule has 2 rings (SSSR count). The minimum absolute atomic E-state index is 0.0156. The molecule has 0 aliphatic heterocycles. The summed E-state index contributed by atoms with van der Waals surface area (Å²) in [5.74, 6) is 5.74. The molecule has 1 unspecified atom stereocenters. The van der Waals surface area contributed by atoms with Crippen LogP contribution in [0.5, 0.6) is 0 Å². The number of hydrogen-bond acceptors (Lipinski definition) is 3. The van der Waals surface area contributed by atoms with Crippen molar-refractivity contribution in [3.63, 3.8) is 0 Å². The Kier molecular flexibility index (Phi) is 6.17. The van der Waals surface area contributed by atoms with Crippen LogP contribution in [0.3, 0.4) is 0 Å². The van der Waals surface area contributed by atoms with Crippen molar-refractivity contribution in [2.75, 3.05) is 5.75 Å². The van der Waals surface area contributed by atoms with Gasteiger partial charge < -0.3 is 0 Å². The van der Waals surface area contributed by atoms with Gasteiger partial charge in [-0.3, -0.25) is 11.3 Å². The molecule has 0 amide bonds. The fourth-order valence-electron chi connectivity index (χ4n) is 1.86. The van der Waals surface area contributed by atoms with Crippen molar-refractivity contribution in [1.29, 1.82) is 0 Å². The first-order valence-electron chi connectivity index (χ1n) is 6.37. The summed E-state index contributed by atoms with van der Waals surface area (Å²) in [7, 11) is 0. The highest BCUT2D eigenvalue weighted by Gasteiger charge is 2.11. The maximum Gasteiger partial charge on any atom is 0.123 e. The van der Waals surface area contributed by atoms with Crippen molar-refractivity contribution in [2.24, 2.45) is 5.84 Å². The van der Waals surface area contributed by atoms with Gasteiger partial charge in [0.05, 0.1) is 0 Å². The standard InChI is InChI=1S/C15H15BrF2N2S/c16-15-6-3-12(18)7-10(15)8-13(20-19)9-21-14-4-1-11(17)2-5-14/h1-7,13,20H,8-9,19H2. The Morgan fingerprint density at radius 1 is 1.10 bits per heavy atom. The lowest BCUT2D eigenvalue weighted by Gasteiger charge is -2.16. The summed E-state index contributed by atoms with van der Waals surface area (Å²) < 4.78 is 27.0. The first-order chi connectivity index (χ1) is 10.1. The first-order valence-corrected chi connectivity index (χ1v) is 8.15. The third kappa shape index (κ3) is 5.07. The number of nitrogens with one attached hydrogen (secondary N) is 1. The van der Waals surface area contributed by atoms with Gasteiger partial charge >= 0.3 is 0 Å². The monoisotopic (exact) mass is 372 g/mol. The van der Waals surface area contributed by atoms with Crippen LogP contribution in [0.2, 0.25) is 0 Å². The molecule has 0 saturated heterocycles. The van der Waals surface area contributed by atoms with Crippen LogP contribution in [0.25, 0.3) is 0 Å². The van der Waals surface area contributed by atoms with Gasteiger partial charge in [-0.05, 0) is 54.4 Å². The molecule has 0 radical (unpaired) electrons. The SMILES string of the molecule is NNC(CSc1ccc(F)cc1)Cc1cc(F)ccc1Br. The van der Waals surface area contributed by atoms with Gasteiger partial charge in [0.1, 0.15) is 11.6 Å². The highest BCUT2D eigenvalue weighted by atomic mass is 79.9. The van der Waals surface area contributed by atoms with Crippen LogP contribution in [0.15, 0.2) is 51.8 Å². The quantitative estimate of drug-likeness (QED) is 0.458. The topological polar surface area (TPSA) is 38.0 Å². The summed E-state index contributed by atoms with van der Waals surface area (Å²) in [5.41, 5.74) is 3.60. The average molecular weight is 373 g/mol. The van der Waals surface area contributed by atoms with Gasteiger partial charge in [-0.1, -0.05) is 15.9 Å². The van der Waals surface area contributed by atoms with Crippen LogP contribution in [-0.4, -0.2) is 11.8 Å². The largest absolute Gasteiger partial charge is 0.271 e. The molecule has 2 aromatic rings. The maximum absolute atomic E-state index is 13.3. The zero-order valence-electron chi connectivity index (χ0n) is 11.2. The lowest BCUT2D eigenvalue weighted by molar-refractivity contribution is 0.569. The predicted molar refractivity (Wildman–Crippen MR) is 86.0 cm³/mol. The number of hydrazine groups is 1. The van der Waals surface area contributed by atoms with E-state index >= 15 is 0 Å². The van der Waals surface area contributed by atoms with E-state index in [1.54, 1.807) is 30.0 Å². The number of hydrogen-bond donors (Lipinski definition) is 2. The molecule has 2 nitrogen and oxygen atoms in total. The molecular weight excluding hydrogens is 358 g/mol. The lowest BCUT2D eigenvalue weighted by atomic mass is 10.1. The van der Waals surface area contributed by atoms with E-state index in [9.17, 15) is 8.78 Å². The molecule has 0 aliphatic carbocycles. The van der Waals surface area contributed by atoms with Crippen molar-refractivity contribution < 1.29 is 8.78 Å². The molecule has 0 aromatic heterocycles. The summed E-state index contributed by atoms with van der Waals surface area (Å²) in [6, 6.07) is 10.9. The van der Waals surface area contributed by atoms with Crippen molar-refractivity contribution in [2.45, 2.75) is 17.4 Å². The molecule has 1 atom stereocenters. The molecule has 0 aliphatic rings. The van der Waals surface area contributed by atoms with Crippen LogP contribution < -0.4 is 11.3 Å². The molecule has 21 heavy (non-hydrogen) atoms. The number of rotatable bonds is 6. The predicted octanol–water partition coefficient (Wildman–Crippen LogP) is 3.89. The van der Waals surface area contributed by atoms with Crippen LogP contribution in [0, 0.1) is 11.6 Å². The first kappa shape index (κ1) is 16.4. The van der Waals surface area contributed by atoms with E-state index in [1.165, 1.54) is 24.3 Å². The van der Waals surface area contributed by atoms with Gasteiger partial charge in [0.25, 0.3) is 0 Å². The number of halogens is 3. The highest BCUT2D eigenvalue weighted by Crippen LogP contribution is 2.23. The second kappa shape index (κ2) is 7.89. The molecule has 3 N–H and O–H groups in total. The molecule has 0 bridgehead atoms. The number of benzene rings is 2. The fraction of sp³-hybridized carbons (Fsp3) is 0.200. The van der Waals surface area contributed by atoms with Crippen LogP contribution >= 0.6 is 27.7 Å². The third-order valence-corrected chi connectivity index (χ3v) is 4.92. The van der Waals surface area contributed by atoms with Crippen molar-refractivity contribution in [1.82, 2.24) is 5.43 Å². The molecule has 6 heteroatoms. The maximum atomic E-state index is 13.3. The third-order valence-electron chi connectivity index (χ3n) is 2.97. The Morgan fingerprint density at radius 3 is 2.43 bits per heavy atom. The summed E-state index contributed by atoms with van der Waals surface area (Å²) in [5, 5.41) is 0.